The first-order valence-corrected chi connectivity index (χ1v) is 8.16. The Morgan fingerprint density at radius 3 is 2.50 bits per heavy atom. The second-order valence-corrected chi connectivity index (χ2v) is 5.97. The van der Waals surface area contributed by atoms with E-state index in [0.717, 1.165) is 11.1 Å². The Bertz CT molecular complexity index is 808. The summed E-state index contributed by atoms with van der Waals surface area (Å²) in [4.78, 5) is 25.5. The topological polar surface area (TPSA) is 67.9 Å². The molecule has 0 radical (unpaired) electrons. The molecule has 0 saturated heterocycles. The largest absolute Gasteiger partial charge is 0.454 e. The molecule has 2 amide bonds. The maximum absolute atomic E-state index is 12.9. The van der Waals surface area contributed by atoms with Gasteiger partial charge in [-0.3, -0.25) is 9.59 Å². The molecule has 0 saturated carbocycles. The number of carbonyl (C=O) groups is 2. The summed E-state index contributed by atoms with van der Waals surface area (Å²) in [6, 6.07) is 11.3. The van der Waals surface area contributed by atoms with Crippen molar-refractivity contribution in [3.63, 3.8) is 0 Å². The molecule has 2 aromatic carbocycles. The molecule has 0 atom stereocenters. The highest BCUT2D eigenvalue weighted by Gasteiger charge is 2.17. The van der Waals surface area contributed by atoms with Crippen LogP contribution >= 0.6 is 0 Å². The third kappa shape index (κ3) is 4.50. The van der Waals surface area contributed by atoms with E-state index in [1.165, 1.54) is 24.0 Å². The number of nitrogens with one attached hydrogen (secondary N) is 1. The van der Waals surface area contributed by atoms with Crippen LogP contribution in [0.2, 0.25) is 0 Å². The van der Waals surface area contributed by atoms with Crippen molar-refractivity contribution in [1.82, 2.24) is 10.2 Å². The Kier molecular flexibility index (Phi) is 5.36. The van der Waals surface area contributed by atoms with Gasteiger partial charge in [0.2, 0.25) is 18.6 Å². The van der Waals surface area contributed by atoms with E-state index in [1.807, 2.05) is 6.07 Å². The van der Waals surface area contributed by atoms with Crippen molar-refractivity contribution in [2.75, 3.05) is 13.3 Å². The molecule has 3 rings (SSSR count). The van der Waals surface area contributed by atoms with Crippen LogP contribution in [0.5, 0.6) is 11.5 Å². The second-order valence-electron chi connectivity index (χ2n) is 5.97. The van der Waals surface area contributed by atoms with Gasteiger partial charge in [0, 0.05) is 20.0 Å². The molecule has 1 aliphatic rings. The van der Waals surface area contributed by atoms with Gasteiger partial charge in [-0.15, -0.1) is 0 Å². The van der Waals surface area contributed by atoms with Gasteiger partial charge in [-0.1, -0.05) is 18.2 Å². The van der Waals surface area contributed by atoms with Crippen molar-refractivity contribution in [3.8, 4) is 11.5 Å². The molecule has 0 bridgehead atoms. The number of hydrogen-bond donors (Lipinski definition) is 1. The van der Waals surface area contributed by atoms with Gasteiger partial charge in [0.15, 0.2) is 11.5 Å². The van der Waals surface area contributed by atoms with E-state index in [1.54, 1.807) is 24.3 Å². The molecule has 0 spiro atoms. The summed E-state index contributed by atoms with van der Waals surface area (Å²) in [6.45, 7) is 2.09. The fourth-order valence-electron chi connectivity index (χ4n) is 2.57. The summed E-state index contributed by atoms with van der Waals surface area (Å²) in [7, 11) is 0. The highest BCUT2D eigenvalue weighted by Crippen LogP contribution is 2.32. The number of hydrogen-bond acceptors (Lipinski definition) is 4. The quantitative estimate of drug-likeness (QED) is 0.860. The van der Waals surface area contributed by atoms with Crippen LogP contribution in [-0.4, -0.2) is 30.1 Å². The van der Waals surface area contributed by atoms with Gasteiger partial charge < -0.3 is 19.7 Å². The minimum atomic E-state index is -0.327. The Morgan fingerprint density at radius 2 is 1.77 bits per heavy atom. The zero-order chi connectivity index (χ0) is 18.5. The van der Waals surface area contributed by atoms with Crippen LogP contribution < -0.4 is 14.8 Å². The van der Waals surface area contributed by atoms with Crippen LogP contribution in [0.25, 0.3) is 0 Å². The van der Waals surface area contributed by atoms with E-state index in [-0.39, 0.29) is 44.1 Å². The summed E-state index contributed by atoms with van der Waals surface area (Å²) in [6.07, 6.45) is 0. The summed E-state index contributed by atoms with van der Waals surface area (Å²) in [5.41, 5.74) is 1.63. The van der Waals surface area contributed by atoms with Crippen molar-refractivity contribution < 1.29 is 23.5 Å². The maximum atomic E-state index is 12.9. The smallest absolute Gasteiger partial charge is 0.239 e. The summed E-state index contributed by atoms with van der Waals surface area (Å²) in [5, 5.41) is 2.73. The van der Waals surface area contributed by atoms with Gasteiger partial charge >= 0.3 is 0 Å². The highest BCUT2D eigenvalue weighted by molar-refractivity contribution is 5.83. The second kappa shape index (κ2) is 7.86. The first-order chi connectivity index (χ1) is 12.5. The van der Waals surface area contributed by atoms with E-state index in [0.29, 0.717) is 11.5 Å². The van der Waals surface area contributed by atoms with Crippen LogP contribution in [0.3, 0.4) is 0 Å². The molecule has 1 N–H and O–H groups in total. The normalized spacial score (nSPS) is 11.9. The molecule has 2 aromatic rings. The van der Waals surface area contributed by atoms with Gasteiger partial charge in [0.1, 0.15) is 5.82 Å². The number of halogens is 1. The predicted octanol–water partition coefficient (Wildman–Crippen LogP) is 2.22. The number of nitrogens with zero attached hydrogens (tertiary/aromatic N) is 1. The van der Waals surface area contributed by atoms with Crippen LogP contribution in [0.1, 0.15) is 18.1 Å². The molecular weight excluding hydrogens is 339 g/mol. The van der Waals surface area contributed by atoms with Crippen LogP contribution in [-0.2, 0) is 22.7 Å². The van der Waals surface area contributed by atoms with Crippen molar-refractivity contribution >= 4 is 11.8 Å². The van der Waals surface area contributed by atoms with Crippen molar-refractivity contribution in [2.24, 2.45) is 0 Å². The first kappa shape index (κ1) is 17.7. The number of rotatable bonds is 6. The molecule has 0 unspecified atom stereocenters. The lowest BCUT2D eigenvalue weighted by Crippen LogP contribution is -2.39. The Morgan fingerprint density at radius 1 is 1.08 bits per heavy atom. The Labute approximate surface area is 150 Å². The minimum Gasteiger partial charge on any atom is -0.454 e. The van der Waals surface area contributed by atoms with Gasteiger partial charge in [-0.05, 0) is 35.4 Å². The van der Waals surface area contributed by atoms with Gasteiger partial charge in [0.05, 0.1) is 6.54 Å². The van der Waals surface area contributed by atoms with Crippen molar-refractivity contribution in [1.29, 1.82) is 0 Å². The maximum Gasteiger partial charge on any atom is 0.239 e. The number of ether oxygens (including phenoxy) is 2. The number of amides is 2. The molecule has 1 heterocycles. The van der Waals surface area contributed by atoms with Gasteiger partial charge in [-0.2, -0.15) is 0 Å². The van der Waals surface area contributed by atoms with Crippen LogP contribution in [0, 0.1) is 5.82 Å². The number of carbonyl (C=O) groups excluding carboxylic acids is 2. The average molecular weight is 358 g/mol. The lowest BCUT2D eigenvalue weighted by atomic mass is 10.2. The van der Waals surface area contributed by atoms with E-state index >= 15 is 0 Å². The fraction of sp³-hybridized carbons (Fsp3) is 0.263. The van der Waals surface area contributed by atoms with Crippen LogP contribution in [0.15, 0.2) is 42.5 Å². The van der Waals surface area contributed by atoms with E-state index in [4.69, 9.17) is 9.47 Å². The monoisotopic (exact) mass is 358 g/mol. The molecule has 7 heteroatoms. The number of benzene rings is 2. The predicted molar refractivity (Wildman–Crippen MR) is 91.9 cm³/mol. The average Bonchev–Trinajstić information content (AvgIpc) is 3.08. The molecule has 6 nitrogen and oxygen atoms in total. The zero-order valence-corrected chi connectivity index (χ0v) is 14.3. The number of fused-ring (bicyclic) bond motifs is 1. The molecule has 0 aromatic heterocycles. The first-order valence-electron chi connectivity index (χ1n) is 8.16. The summed E-state index contributed by atoms with van der Waals surface area (Å²) < 4.78 is 23.5. The Hall–Kier alpha value is -3.09. The van der Waals surface area contributed by atoms with Crippen molar-refractivity contribution in [2.45, 2.75) is 20.0 Å². The molecule has 0 aliphatic carbocycles. The minimum absolute atomic E-state index is 0.0645. The van der Waals surface area contributed by atoms with E-state index in [9.17, 15) is 14.0 Å². The lowest BCUT2D eigenvalue weighted by Gasteiger charge is -2.21. The fourth-order valence-corrected chi connectivity index (χ4v) is 2.57. The standard InChI is InChI=1S/C19H19FN2O4/c1-13(23)22(10-15-4-7-17-18(8-15)26-12-25-17)11-19(24)21-9-14-2-5-16(20)6-3-14/h2-8H,9-12H2,1H3,(H,21,24). The van der Waals surface area contributed by atoms with E-state index < -0.39 is 0 Å². The van der Waals surface area contributed by atoms with Crippen molar-refractivity contribution in [3.05, 3.63) is 59.4 Å². The van der Waals surface area contributed by atoms with Gasteiger partial charge in [0.25, 0.3) is 0 Å². The van der Waals surface area contributed by atoms with Crippen LogP contribution in [0.4, 0.5) is 4.39 Å². The Balaban J connectivity index is 1.56. The third-order valence-electron chi connectivity index (χ3n) is 3.99. The molecular formula is C19H19FN2O4. The SMILES string of the molecule is CC(=O)N(CC(=O)NCc1ccc(F)cc1)Cc1ccc2c(c1)OCO2. The third-order valence-corrected chi connectivity index (χ3v) is 3.99. The zero-order valence-electron chi connectivity index (χ0n) is 14.3. The molecule has 26 heavy (non-hydrogen) atoms. The molecule has 1 aliphatic heterocycles. The lowest BCUT2D eigenvalue weighted by molar-refractivity contribution is -0.135. The van der Waals surface area contributed by atoms with E-state index in [2.05, 4.69) is 5.32 Å². The summed E-state index contributed by atoms with van der Waals surface area (Å²) in [5.74, 6) is 0.475. The van der Waals surface area contributed by atoms with Gasteiger partial charge in [-0.25, -0.2) is 4.39 Å². The molecule has 0 fully saturated rings. The summed E-state index contributed by atoms with van der Waals surface area (Å²) >= 11 is 0. The highest BCUT2D eigenvalue weighted by atomic mass is 19.1. The molecule has 136 valence electrons.